The van der Waals surface area contributed by atoms with Crippen molar-refractivity contribution in [3.63, 3.8) is 0 Å². The van der Waals surface area contributed by atoms with Crippen LogP contribution in [0.1, 0.15) is 18.3 Å². The summed E-state index contributed by atoms with van der Waals surface area (Å²) in [4.78, 5) is 12.5. The summed E-state index contributed by atoms with van der Waals surface area (Å²) in [7, 11) is 0. The minimum Gasteiger partial charge on any atom is -0.357 e. The van der Waals surface area contributed by atoms with E-state index in [4.69, 9.17) is 0 Å². The molecule has 0 unspecified atom stereocenters. The van der Waals surface area contributed by atoms with Crippen molar-refractivity contribution in [1.29, 1.82) is 0 Å². The molecule has 3 aromatic rings. The van der Waals surface area contributed by atoms with E-state index in [1.165, 1.54) is 6.07 Å². The lowest BCUT2D eigenvalue weighted by molar-refractivity contribution is 0.625. The number of hydrogen-bond acceptors (Lipinski definition) is 2. The molecule has 7 heteroatoms. The van der Waals surface area contributed by atoms with Crippen LogP contribution in [0.15, 0.2) is 53.5 Å². The first kappa shape index (κ1) is 21.1. The molecule has 1 aromatic heterocycles. The Morgan fingerprint density at radius 3 is 2.74 bits per heavy atom. The van der Waals surface area contributed by atoms with E-state index in [-0.39, 0.29) is 29.8 Å². The molecular weight excluding hydrogens is 456 g/mol. The van der Waals surface area contributed by atoms with Gasteiger partial charge in [-0.15, -0.1) is 24.0 Å². The molecule has 0 aliphatic carbocycles. The summed E-state index contributed by atoms with van der Waals surface area (Å²) in [5.74, 6) is 1.50. The van der Waals surface area contributed by atoms with Crippen LogP contribution in [0.25, 0.3) is 11.0 Å². The van der Waals surface area contributed by atoms with Crippen molar-refractivity contribution < 1.29 is 4.39 Å². The molecule has 0 amide bonds. The molecule has 27 heavy (non-hydrogen) atoms. The van der Waals surface area contributed by atoms with Crippen molar-refractivity contribution in [3.05, 3.63) is 65.7 Å². The zero-order valence-electron chi connectivity index (χ0n) is 15.3. The first-order chi connectivity index (χ1) is 12.7. The summed E-state index contributed by atoms with van der Waals surface area (Å²) in [5.41, 5.74) is 2.99. The average Bonchev–Trinajstić information content (AvgIpc) is 3.04. The molecule has 3 N–H and O–H groups in total. The molecule has 1 heterocycles. The standard InChI is InChI=1S/C20H24FN5.HI/c1-2-22-20(23-12-10-15-6-5-7-16(21)14-15)24-13-11-19-25-17-8-3-4-9-18(17)26-19;/h3-9,14H,2,10-13H2,1H3,(H,25,26)(H2,22,23,24);1H. The summed E-state index contributed by atoms with van der Waals surface area (Å²) < 4.78 is 13.2. The summed E-state index contributed by atoms with van der Waals surface area (Å²) in [6.45, 7) is 4.15. The second-order valence-corrected chi connectivity index (χ2v) is 6.02. The molecule has 5 nitrogen and oxygen atoms in total. The predicted octanol–water partition coefficient (Wildman–Crippen LogP) is 3.66. The van der Waals surface area contributed by atoms with Crippen LogP contribution in [-0.4, -0.2) is 35.6 Å². The molecule has 0 saturated heterocycles. The minimum atomic E-state index is -0.200. The molecule has 0 saturated carbocycles. The Labute approximate surface area is 175 Å². The van der Waals surface area contributed by atoms with Gasteiger partial charge >= 0.3 is 0 Å². The molecule has 0 fully saturated rings. The quantitative estimate of drug-likeness (QED) is 0.274. The van der Waals surface area contributed by atoms with E-state index in [0.717, 1.165) is 47.8 Å². The van der Waals surface area contributed by atoms with E-state index in [2.05, 4.69) is 25.6 Å². The number of imidazole rings is 1. The largest absolute Gasteiger partial charge is 0.357 e. The average molecular weight is 481 g/mol. The number of aromatic amines is 1. The molecular formula is C20H25FIN5. The summed E-state index contributed by atoms with van der Waals surface area (Å²) in [6, 6.07) is 14.7. The first-order valence-corrected chi connectivity index (χ1v) is 8.95. The van der Waals surface area contributed by atoms with Crippen LogP contribution in [0, 0.1) is 5.82 Å². The second-order valence-electron chi connectivity index (χ2n) is 6.02. The van der Waals surface area contributed by atoms with E-state index in [0.29, 0.717) is 13.1 Å². The highest BCUT2D eigenvalue weighted by Crippen LogP contribution is 2.10. The van der Waals surface area contributed by atoms with Gasteiger partial charge in [0.05, 0.1) is 11.0 Å². The van der Waals surface area contributed by atoms with Gasteiger partial charge in [0.1, 0.15) is 11.6 Å². The van der Waals surface area contributed by atoms with Crippen LogP contribution in [0.3, 0.4) is 0 Å². The number of rotatable bonds is 7. The highest BCUT2D eigenvalue weighted by molar-refractivity contribution is 14.0. The highest BCUT2D eigenvalue weighted by Gasteiger charge is 2.02. The SMILES string of the molecule is CCNC(=NCCc1nc2ccccc2[nH]1)NCCc1cccc(F)c1.I. The number of aliphatic imine (C=N–C) groups is 1. The van der Waals surface area contributed by atoms with E-state index in [1.54, 1.807) is 12.1 Å². The molecule has 0 aliphatic heterocycles. The fourth-order valence-electron chi connectivity index (χ4n) is 2.76. The number of nitrogens with zero attached hydrogens (tertiary/aromatic N) is 2. The molecule has 0 radical (unpaired) electrons. The highest BCUT2D eigenvalue weighted by atomic mass is 127. The predicted molar refractivity (Wildman–Crippen MR) is 119 cm³/mol. The van der Waals surface area contributed by atoms with Gasteiger partial charge in [0.15, 0.2) is 5.96 Å². The maximum atomic E-state index is 13.2. The number of hydrogen-bond donors (Lipinski definition) is 3. The van der Waals surface area contributed by atoms with Crippen LogP contribution in [0.2, 0.25) is 0 Å². The molecule has 144 valence electrons. The lowest BCUT2D eigenvalue weighted by atomic mass is 10.1. The van der Waals surface area contributed by atoms with Crippen LogP contribution in [-0.2, 0) is 12.8 Å². The Balaban J connectivity index is 0.00000261. The van der Waals surface area contributed by atoms with Gasteiger partial charge in [0, 0.05) is 26.1 Å². The summed E-state index contributed by atoms with van der Waals surface area (Å²) >= 11 is 0. The smallest absolute Gasteiger partial charge is 0.191 e. The van der Waals surface area contributed by atoms with Gasteiger partial charge in [-0.05, 0) is 43.2 Å². The number of H-pyrrole nitrogens is 1. The Hall–Kier alpha value is -2.16. The van der Waals surface area contributed by atoms with Crippen molar-refractivity contribution >= 4 is 41.0 Å². The number of benzene rings is 2. The molecule has 0 aliphatic rings. The van der Waals surface area contributed by atoms with Crippen LogP contribution >= 0.6 is 24.0 Å². The Bertz CT molecular complexity index is 844. The third-order valence-electron chi connectivity index (χ3n) is 4.00. The Kier molecular flexibility index (Phi) is 8.50. The fraction of sp³-hybridized carbons (Fsp3) is 0.300. The molecule has 3 rings (SSSR count). The zero-order chi connectivity index (χ0) is 18.2. The molecule has 0 spiro atoms. The molecule has 2 aromatic carbocycles. The summed E-state index contributed by atoms with van der Waals surface area (Å²) in [5, 5.41) is 6.51. The van der Waals surface area contributed by atoms with Gasteiger partial charge in [0.25, 0.3) is 0 Å². The van der Waals surface area contributed by atoms with Gasteiger partial charge in [-0.25, -0.2) is 9.37 Å². The zero-order valence-corrected chi connectivity index (χ0v) is 17.7. The van der Waals surface area contributed by atoms with Crippen molar-refractivity contribution in [2.75, 3.05) is 19.6 Å². The number of para-hydroxylation sites is 2. The van der Waals surface area contributed by atoms with Gasteiger partial charge < -0.3 is 15.6 Å². The van der Waals surface area contributed by atoms with Crippen LogP contribution in [0.5, 0.6) is 0 Å². The molecule has 0 atom stereocenters. The Morgan fingerprint density at radius 2 is 1.96 bits per heavy atom. The third-order valence-corrected chi connectivity index (χ3v) is 4.00. The maximum Gasteiger partial charge on any atom is 0.191 e. The van der Waals surface area contributed by atoms with Crippen molar-refractivity contribution in [2.45, 2.75) is 19.8 Å². The number of nitrogens with one attached hydrogen (secondary N) is 3. The molecule has 0 bridgehead atoms. The van der Waals surface area contributed by atoms with Crippen molar-refractivity contribution in [3.8, 4) is 0 Å². The van der Waals surface area contributed by atoms with Crippen molar-refractivity contribution in [2.24, 2.45) is 4.99 Å². The van der Waals surface area contributed by atoms with E-state index >= 15 is 0 Å². The topological polar surface area (TPSA) is 65.1 Å². The Morgan fingerprint density at radius 1 is 1.11 bits per heavy atom. The number of aromatic nitrogens is 2. The lowest BCUT2D eigenvalue weighted by Gasteiger charge is -2.11. The number of fused-ring (bicyclic) bond motifs is 1. The van der Waals surface area contributed by atoms with Gasteiger partial charge in [-0.1, -0.05) is 24.3 Å². The van der Waals surface area contributed by atoms with E-state index in [1.807, 2.05) is 37.3 Å². The fourth-order valence-corrected chi connectivity index (χ4v) is 2.76. The summed E-state index contributed by atoms with van der Waals surface area (Å²) in [6.07, 6.45) is 1.49. The van der Waals surface area contributed by atoms with Gasteiger partial charge in [-0.3, -0.25) is 4.99 Å². The maximum absolute atomic E-state index is 13.2. The third kappa shape index (κ3) is 6.50. The minimum absolute atomic E-state index is 0. The van der Waals surface area contributed by atoms with Gasteiger partial charge in [-0.2, -0.15) is 0 Å². The normalized spacial score (nSPS) is 11.3. The number of guanidine groups is 1. The van der Waals surface area contributed by atoms with Gasteiger partial charge in [0.2, 0.25) is 0 Å². The van der Waals surface area contributed by atoms with Crippen molar-refractivity contribution in [1.82, 2.24) is 20.6 Å². The number of halogens is 2. The van der Waals surface area contributed by atoms with Crippen LogP contribution in [0.4, 0.5) is 4.39 Å². The second kappa shape index (κ2) is 10.9. The van der Waals surface area contributed by atoms with E-state index in [9.17, 15) is 4.39 Å². The van der Waals surface area contributed by atoms with Crippen LogP contribution < -0.4 is 10.6 Å². The first-order valence-electron chi connectivity index (χ1n) is 8.95. The monoisotopic (exact) mass is 481 g/mol. The van der Waals surface area contributed by atoms with E-state index < -0.39 is 0 Å². The lowest BCUT2D eigenvalue weighted by Crippen LogP contribution is -2.38.